The Hall–Kier alpha value is -2.26. The molecule has 6 heteroatoms. The van der Waals surface area contributed by atoms with Gasteiger partial charge in [-0.3, -0.25) is 4.79 Å². The molecule has 1 unspecified atom stereocenters. The van der Waals surface area contributed by atoms with Crippen molar-refractivity contribution in [3.63, 3.8) is 0 Å². The fourth-order valence-corrected chi connectivity index (χ4v) is 1.68. The number of rotatable bonds is 5. The minimum absolute atomic E-state index is 0.0935. The van der Waals surface area contributed by atoms with Crippen molar-refractivity contribution in [3.05, 3.63) is 23.3 Å². The first-order valence-corrected chi connectivity index (χ1v) is 5.17. The van der Waals surface area contributed by atoms with E-state index in [1.165, 1.54) is 26.4 Å². The molecule has 0 spiro atoms. The highest BCUT2D eigenvalue weighted by Crippen LogP contribution is 2.36. The van der Waals surface area contributed by atoms with Crippen molar-refractivity contribution >= 4 is 5.97 Å². The van der Waals surface area contributed by atoms with Crippen molar-refractivity contribution in [2.24, 2.45) is 5.73 Å². The van der Waals surface area contributed by atoms with E-state index in [0.29, 0.717) is 16.9 Å². The van der Waals surface area contributed by atoms with E-state index in [1.807, 2.05) is 6.07 Å². The Labute approximate surface area is 105 Å². The van der Waals surface area contributed by atoms with Crippen molar-refractivity contribution in [2.75, 3.05) is 20.8 Å². The summed E-state index contributed by atoms with van der Waals surface area (Å²) in [5.41, 5.74) is 6.08. The molecule has 0 saturated carbocycles. The number of carbonyl (C=O) groups is 1. The summed E-state index contributed by atoms with van der Waals surface area (Å²) in [5.74, 6) is -1.42. The van der Waals surface area contributed by atoms with Crippen LogP contribution in [0.5, 0.6) is 11.5 Å². The zero-order valence-corrected chi connectivity index (χ0v) is 10.1. The maximum atomic E-state index is 11.1. The molecule has 1 aromatic carbocycles. The van der Waals surface area contributed by atoms with Gasteiger partial charge in [0.2, 0.25) is 0 Å². The molecular weight excluding hydrogens is 236 g/mol. The molecule has 0 amide bonds. The Kier molecular flexibility index (Phi) is 4.52. The zero-order chi connectivity index (χ0) is 13.7. The molecule has 96 valence electrons. The first kappa shape index (κ1) is 13.8. The lowest BCUT2D eigenvalue weighted by atomic mass is 9.96. The third kappa shape index (κ3) is 2.52. The Morgan fingerprint density at radius 1 is 1.50 bits per heavy atom. The van der Waals surface area contributed by atoms with Gasteiger partial charge in [0.1, 0.15) is 0 Å². The van der Waals surface area contributed by atoms with Crippen LogP contribution in [0.15, 0.2) is 12.1 Å². The molecule has 1 atom stereocenters. The van der Waals surface area contributed by atoms with Crippen LogP contribution < -0.4 is 15.2 Å². The molecule has 3 N–H and O–H groups in total. The number of methoxy groups -OCH3 is 2. The van der Waals surface area contributed by atoms with E-state index in [0.717, 1.165) is 0 Å². The van der Waals surface area contributed by atoms with Crippen LogP contribution in [0, 0.1) is 11.3 Å². The second-order valence-corrected chi connectivity index (χ2v) is 3.54. The minimum atomic E-state index is -1.08. The second-order valence-electron chi connectivity index (χ2n) is 3.54. The van der Waals surface area contributed by atoms with E-state index in [9.17, 15) is 4.79 Å². The molecule has 1 aromatic rings. The van der Waals surface area contributed by atoms with Gasteiger partial charge >= 0.3 is 5.97 Å². The zero-order valence-electron chi connectivity index (χ0n) is 10.1. The van der Waals surface area contributed by atoms with Crippen LogP contribution in [-0.4, -0.2) is 31.8 Å². The topological polar surface area (TPSA) is 106 Å². The van der Waals surface area contributed by atoms with E-state index in [-0.39, 0.29) is 12.3 Å². The van der Waals surface area contributed by atoms with E-state index < -0.39 is 11.9 Å². The number of nitrogens with two attached hydrogens (primary N) is 1. The van der Waals surface area contributed by atoms with Crippen molar-refractivity contribution < 1.29 is 19.4 Å². The summed E-state index contributed by atoms with van der Waals surface area (Å²) in [5, 5.41) is 18.0. The van der Waals surface area contributed by atoms with Gasteiger partial charge in [-0.1, -0.05) is 0 Å². The molecule has 18 heavy (non-hydrogen) atoms. The average Bonchev–Trinajstić information content (AvgIpc) is 2.37. The highest BCUT2D eigenvalue weighted by atomic mass is 16.5. The van der Waals surface area contributed by atoms with Gasteiger partial charge in [-0.2, -0.15) is 5.26 Å². The predicted octanol–water partition coefficient (Wildman–Crippen LogP) is 0.702. The van der Waals surface area contributed by atoms with Crippen LogP contribution in [0.25, 0.3) is 0 Å². The third-order valence-corrected chi connectivity index (χ3v) is 2.55. The fourth-order valence-electron chi connectivity index (χ4n) is 1.68. The van der Waals surface area contributed by atoms with Crippen LogP contribution in [0.1, 0.15) is 17.0 Å². The molecule has 0 bridgehead atoms. The Morgan fingerprint density at radius 3 is 2.56 bits per heavy atom. The van der Waals surface area contributed by atoms with Crippen LogP contribution in [0.2, 0.25) is 0 Å². The molecule has 0 aliphatic carbocycles. The van der Waals surface area contributed by atoms with Crippen LogP contribution in [0.3, 0.4) is 0 Å². The summed E-state index contributed by atoms with van der Waals surface area (Å²) >= 11 is 0. The first-order chi connectivity index (χ1) is 8.58. The number of benzene rings is 1. The van der Waals surface area contributed by atoms with Gasteiger partial charge in [0.25, 0.3) is 0 Å². The molecule has 0 aliphatic rings. The Balaban J connectivity index is 3.48. The van der Waals surface area contributed by atoms with Crippen molar-refractivity contribution in [3.8, 4) is 17.6 Å². The second kappa shape index (κ2) is 5.89. The lowest BCUT2D eigenvalue weighted by Gasteiger charge is -2.17. The van der Waals surface area contributed by atoms with E-state index in [1.54, 1.807) is 0 Å². The predicted molar refractivity (Wildman–Crippen MR) is 63.7 cm³/mol. The maximum absolute atomic E-state index is 11.1. The van der Waals surface area contributed by atoms with Crippen molar-refractivity contribution in [2.45, 2.75) is 5.92 Å². The molecular formula is C12H14N2O4. The monoisotopic (exact) mass is 250 g/mol. The fraction of sp³-hybridized carbons (Fsp3) is 0.333. The molecule has 0 aromatic heterocycles. The number of hydrogen-bond acceptors (Lipinski definition) is 5. The van der Waals surface area contributed by atoms with E-state index in [4.69, 9.17) is 25.6 Å². The normalized spacial score (nSPS) is 11.4. The van der Waals surface area contributed by atoms with E-state index >= 15 is 0 Å². The third-order valence-electron chi connectivity index (χ3n) is 2.55. The molecule has 0 radical (unpaired) electrons. The lowest BCUT2D eigenvalue weighted by Crippen LogP contribution is -2.22. The highest BCUT2D eigenvalue weighted by Gasteiger charge is 2.25. The first-order valence-electron chi connectivity index (χ1n) is 5.17. The molecule has 0 aliphatic heterocycles. The number of hydrogen-bond donors (Lipinski definition) is 2. The number of nitriles is 1. The quantitative estimate of drug-likeness (QED) is 0.796. The molecule has 6 nitrogen and oxygen atoms in total. The Morgan fingerprint density at radius 2 is 2.17 bits per heavy atom. The van der Waals surface area contributed by atoms with Crippen LogP contribution in [0.4, 0.5) is 0 Å². The number of carboxylic acids is 1. The molecule has 0 heterocycles. The number of nitrogens with zero attached hydrogens (tertiary/aromatic N) is 1. The number of aliphatic carboxylic acids is 1. The summed E-state index contributed by atoms with van der Waals surface area (Å²) in [6, 6.07) is 4.88. The van der Waals surface area contributed by atoms with Gasteiger partial charge in [-0.15, -0.1) is 0 Å². The molecule has 0 fully saturated rings. The molecule has 0 saturated heterocycles. The summed E-state index contributed by atoms with van der Waals surface area (Å²) in [4.78, 5) is 11.1. The van der Waals surface area contributed by atoms with Gasteiger partial charge in [0.15, 0.2) is 11.5 Å². The summed E-state index contributed by atoms with van der Waals surface area (Å²) in [6.07, 6.45) is 0. The SMILES string of the molecule is COc1cc(C#N)cc(C(CN)C(=O)O)c1OC. The largest absolute Gasteiger partial charge is 0.493 e. The van der Waals surface area contributed by atoms with Crippen LogP contribution in [-0.2, 0) is 4.79 Å². The van der Waals surface area contributed by atoms with Gasteiger partial charge in [-0.05, 0) is 6.07 Å². The average molecular weight is 250 g/mol. The molecule has 1 rings (SSSR count). The summed E-state index contributed by atoms with van der Waals surface area (Å²) < 4.78 is 10.2. The van der Waals surface area contributed by atoms with Crippen molar-refractivity contribution in [1.82, 2.24) is 0 Å². The highest BCUT2D eigenvalue weighted by molar-refractivity contribution is 5.78. The van der Waals surface area contributed by atoms with Gasteiger partial charge < -0.3 is 20.3 Å². The maximum Gasteiger partial charge on any atom is 0.312 e. The van der Waals surface area contributed by atoms with Gasteiger partial charge in [0, 0.05) is 18.2 Å². The summed E-state index contributed by atoms with van der Waals surface area (Å²) in [6.45, 7) is -0.0935. The smallest absolute Gasteiger partial charge is 0.312 e. The summed E-state index contributed by atoms with van der Waals surface area (Å²) in [7, 11) is 2.82. The number of ether oxygens (including phenoxy) is 2. The minimum Gasteiger partial charge on any atom is -0.493 e. The Bertz CT molecular complexity index is 494. The number of carboxylic acid groups (broad SMARTS) is 1. The van der Waals surface area contributed by atoms with Gasteiger partial charge in [0.05, 0.1) is 31.8 Å². The van der Waals surface area contributed by atoms with E-state index in [2.05, 4.69) is 0 Å². The lowest BCUT2D eigenvalue weighted by molar-refractivity contribution is -0.138. The standard InChI is InChI=1S/C12H14N2O4/c1-17-10-4-7(5-13)3-8(11(10)18-2)9(6-14)12(15)16/h3-4,9H,6,14H2,1-2H3,(H,15,16). The van der Waals surface area contributed by atoms with Gasteiger partial charge in [-0.25, -0.2) is 0 Å². The van der Waals surface area contributed by atoms with Crippen molar-refractivity contribution in [1.29, 1.82) is 5.26 Å². The van der Waals surface area contributed by atoms with Crippen LogP contribution >= 0.6 is 0 Å².